The molecule has 0 spiro atoms. The molecule has 2 radical (unpaired) electrons. The molecule has 4 nitrogen and oxygen atoms in total. The molecule has 1 amide bonds. The van der Waals surface area contributed by atoms with Crippen LogP contribution in [-0.4, -0.2) is 25.6 Å². The molecule has 0 saturated heterocycles. The zero-order valence-electron chi connectivity index (χ0n) is 13.8. The molecule has 2 rings (SSSR count). The number of H-pyrrole nitrogens is 1. The molecule has 5 heteroatoms. The number of nitrogens with one attached hydrogen (secondary N) is 2. The normalized spacial score (nSPS) is 11.2. The standard InChI is InChI=1S/C17H23N3OSi/c1-10(2)13-7-6-8-14(9-13)16-18-12(5)15(19-16)17(21)20-22-11(3)4/h6-11H,1-5H3,(H,18,19)(H,20,21). The van der Waals surface area contributed by atoms with Crippen molar-refractivity contribution in [2.45, 2.75) is 46.1 Å². The second-order valence-electron chi connectivity index (χ2n) is 6.09. The summed E-state index contributed by atoms with van der Waals surface area (Å²) in [6.07, 6.45) is 0. The predicted octanol–water partition coefficient (Wildman–Crippen LogP) is 3.69. The van der Waals surface area contributed by atoms with Crippen molar-refractivity contribution >= 4 is 15.6 Å². The van der Waals surface area contributed by atoms with E-state index in [1.54, 1.807) is 0 Å². The highest BCUT2D eigenvalue weighted by Crippen LogP contribution is 2.23. The molecule has 0 fully saturated rings. The van der Waals surface area contributed by atoms with Gasteiger partial charge in [-0.15, -0.1) is 0 Å². The van der Waals surface area contributed by atoms with Gasteiger partial charge in [0.1, 0.15) is 11.5 Å². The number of amides is 1. The van der Waals surface area contributed by atoms with Crippen molar-refractivity contribution in [1.29, 1.82) is 0 Å². The van der Waals surface area contributed by atoms with Crippen LogP contribution in [0, 0.1) is 6.92 Å². The fourth-order valence-corrected chi connectivity index (χ4v) is 2.67. The molecule has 22 heavy (non-hydrogen) atoms. The van der Waals surface area contributed by atoms with Crippen molar-refractivity contribution < 1.29 is 4.79 Å². The lowest BCUT2D eigenvalue weighted by molar-refractivity contribution is 0.0975. The third-order valence-corrected chi connectivity index (χ3v) is 4.35. The summed E-state index contributed by atoms with van der Waals surface area (Å²) in [7, 11) is 0.408. The molecule has 2 N–H and O–H groups in total. The second-order valence-corrected chi connectivity index (χ2v) is 7.79. The Labute approximate surface area is 134 Å². The maximum atomic E-state index is 12.2. The molecule has 0 unspecified atom stereocenters. The lowest BCUT2D eigenvalue weighted by Gasteiger charge is -2.06. The lowest BCUT2D eigenvalue weighted by atomic mass is 10.0. The van der Waals surface area contributed by atoms with Crippen LogP contribution < -0.4 is 4.98 Å². The maximum Gasteiger partial charge on any atom is 0.263 e. The van der Waals surface area contributed by atoms with E-state index in [1.807, 2.05) is 19.1 Å². The Morgan fingerprint density at radius 2 is 2.00 bits per heavy atom. The SMILES string of the molecule is Cc1[nH]c(-c2cccc(C(C)C)c2)nc1C(=O)N[Si]C(C)C. The van der Waals surface area contributed by atoms with Gasteiger partial charge in [0, 0.05) is 11.3 Å². The first-order valence-electron chi connectivity index (χ1n) is 7.61. The van der Waals surface area contributed by atoms with Crippen molar-refractivity contribution in [3.8, 4) is 11.4 Å². The van der Waals surface area contributed by atoms with Crippen LogP contribution in [-0.2, 0) is 0 Å². The number of carbonyl (C=O) groups is 1. The first-order chi connectivity index (χ1) is 10.4. The minimum absolute atomic E-state index is 0.105. The number of rotatable bonds is 5. The van der Waals surface area contributed by atoms with Gasteiger partial charge in [-0.1, -0.05) is 45.9 Å². The zero-order chi connectivity index (χ0) is 16.3. The second kappa shape index (κ2) is 6.92. The van der Waals surface area contributed by atoms with Gasteiger partial charge in [0.05, 0.1) is 0 Å². The summed E-state index contributed by atoms with van der Waals surface area (Å²) in [5.74, 6) is 1.11. The van der Waals surface area contributed by atoms with E-state index in [0.29, 0.717) is 26.8 Å². The summed E-state index contributed by atoms with van der Waals surface area (Å²) >= 11 is 0. The minimum atomic E-state index is -0.105. The van der Waals surface area contributed by atoms with E-state index in [9.17, 15) is 4.79 Å². The van der Waals surface area contributed by atoms with Crippen molar-refractivity contribution in [3.63, 3.8) is 0 Å². The number of hydrogen-bond acceptors (Lipinski definition) is 2. The smallest absolute Gasteiger partial charge is 0.263 e. The first kappa shape index (κ1) is 16.5. The number of hydrogen-bond donors (Lipinski definition) is 2. The Morgan fingerprint density at radius 1 is 1.27 bits per heavy atom. The first-order valence-corrected chi connectivity index (χ1v) is 8.69. The largest absolute Gasteiger partial charge is 0.377 e. The summed E-state index contributed by atoms with van der Waals surface area (Å²) in [4.78, 5) is 22.9. The molecule has 0 bridgehead atoms. The van der Waals surface area contributed by atoms with Crippen LogP contribution >= 0.6 is 0 Å². The van der Waals surface area contributed by atoms with Crippen LogP contribution in [0.3, 0.4) is 0 Å². The molecule has 1 aromatic carbocycles. The summed E-state index contributed by atoms with van der Waals surface area (Å²) in [6.45, 7) is 10.4. The predicted molar refractivity (Wildman–Crippen MR) is 91.2 cm³/mol. The fourth-order valence-electron chi connectivity index (χ4n) is 2.13. The van der Waals surface area contributed by atoms with Crippen LogP contribution in [0.4, 0.5) is 0 Å². The molecule has 0 saturated carbocycles. The number of nitrogens with zero attached hydrogens (tertiary/aromatic N) is 1. The number of imidazole rings is 1. The Bertz CT molecular complexity index is 662. The Balaban J connectivity index is 2.26. The number of carbonyl (C=O) groups excluding carboxylic acids is 1. The quantitative estimate of drug-likeness (QED) is 0.827. The van der Waals surface area contributed by atoms with Crippen LogP contribution in [0.5, 0.6) is 0 Å². The number of benzene rings is 1. The molecular formula is C17H23N3OSi. The van der Waals surface area contributed by atoms with Crippen LogP contribution in [0.15, 0.2) is 24.3 Å². The fraction of sp³-hybridized carbons (Fsp3) is 0.412. The average Bonchev–Trinajstić information content (AvgIpc) is 2.87. The minimum Gasteiger partial charge on any atom is -0.377 e. The lowest BCUT2D eigenvalue weighted by Crippen LogP contribution is -2.29. The highest BCUT2D eigenvalue weighted by molar-refractivity contribution is 6.39. The van der Waals surface area contributed by atoms with Gasteiger partial charge in [0.15, 0.2) is 9.68 Å². The van der Waals surface area contributed by atoms with Gasteiger partial charge < -0.3 is 9.97 Å². The molecule has 1 aromatic heterocycles. The van der Waals surface area contributed by atoms with Gasteiger partial charge in [0.2, 0.25) is 0 Å². The number of aromatic amines is 1. The zero-order valence-corrected chi connectivity index (χ0v) is 14.8. The third kappa shape index (κ3) is 3.85. The Hall–Kier alpha value is -1.88. The van der Waals surface area contributed by atoms with Gasteiger partial charge in [-0.05, 0) is 30.0 Å². The monoisotopic (exact) mass is 313 g/mol. The molecule has 0 atom stereocenters. The molecule has 0 aliphatic carbocycles. The maximum absolute atomic E-state index is 12.2. The summed E-state index contributed by atoms with van der Waals surface area (Å²) in [6, 6.07) is 8.28. The summed E-state index contributed by atoms with van der Waals surface area (Å²) in [5, 5.41) is 0. The topological polar surface area (TPSA) is 57.8 Å². The molecular weight excluding hydrogens is 290 g/mol. The van der Waals surface area contributed by atoms with E-state index in [2.05, 4.69) is 54.8 Å². The number of aryl methyl sites for hydroxylation is 1. The van der Waals surface area contributed by atoms with E-state index >= 15 is 0 Å². The van der Waals surface area contributed by atoms with Crippen LogP contribution in [0.1, 0.15) is 55.4 Å². The van der Waals surface area contributed by atoms with Gasteiger partial charge >= 0.3 is 0 Å². The van der Waals surface area contributed by atoms with Crippen molar-refractivity contribution in [2.24, 2.45) is 0 Å². The molecule has 0 aliphatic rings. The highest BCUT2D eigenvalue weighted by atomic mass is 28.2. The van der Waals surface area contributed by atoms with E-state index in [4.69, 9.17) is 0 Å². The van der Waals surface area contributed by atoms with Gasteiger partial charge in [-0.2, -0.15) is 0 Å². The van der Waals surface area contributed by atoms with Crippen molar-refractivity contribution in [2.75, 3.05) is 0 Å². The van der Waals surface area contributed by atoms with Crippen LogP contribution in [0.2, 0.25) is 5.54 Å². The van der Waals surface area contributed by atoms with Gasteiger partial charge in [-0.25, -0.2) is 4.98 Å². The Kier molecular flexibility index (Phi) is 5.18. The van der Waals surface area contributed by atoms with E-state index in [1.165, 1.54) is 5.56 Å². The van der Waals surface area contributed by atoms with E-state index in [0.717, 1.165) is 17.1 Å². The van der Waals surface area contributed by atoms with Crippen molar-refractivity contribution in [3.05, 3.63) is 41.2 Å². The molecule has 1 heterocycles. The van der Waals surface area contributed by atoms with Crippen LogP contribution in [0.25, 0.3) is 11.4 Å². The highest BCUT2D eigenvalue weighted by Gasteiger charge is 2.16. The molecule has 116 valence electrons. The van der Waals surface area contributed by atoms with Gasteiger partial charge in [-0.3, -0.25) is 4.79 Å². The molecule has 0 aliphatic heterocycles. The van der Waals surface area contributed by atoms with Gasteiger partial charge in [0.25, 0.3) is 5.91 Å². The number of aromatic nitrogens is 2. The summed E-state index contributed by atoms with van der Waals surface area (Å²) < 4.78 is 0. The van der Waals surface area contributed by atoms with E-state index in [-0.39, 0.29) is 5.91 Å². The third-order valence-electron chi connectivity index (χ3n) is 3.40. The Morgan fingerprint density at radius 3 is 2.64 bits per heavy atom. The average molecular weight is 313 g/mol. The summed E-state index contributed by atoms with van der Waals surface area (Å²) in [5.41, 5.74) is 4.01. The van der Waals surface area contributed by atoms with Crippen molar-refractivity contribution in [1.82, 2.24) is 15.0 Å². The van der Waals surface area contributed by atoms with E-state index < -0.39 is 0 Å². The molecule has 2 aromatic rings.